The van der Waals surface area contributed by atoms with Crippen LogP contribution < -0.4 is 16.0 Å². The zero-order valence-corrected chi connectivity index (χ0v) is 22.4. The Morgan fingerprint density at radius 3 is 2.11 bits per heavy atom. The molecule has 1 saturated heterocycles. The summed E-state index contributed by atoms with van der Waals surface area (Å²) in [6.07, 6.45) is 4.17. The van der Waals surface area contributed by atoms with Crippen molar-refractivity contribution >= 4 is 29.4 Å². The Morgan fingerprint density at radius 2 is 1.58 bits per heavy atom. The van der Waals surface area contributed by atoms with Gasteiger partial charge in [-0.15, -0.1) is 0 Å². The number of piperidine rings is 1. The molecule has 1 heterocycles. The monoisotopic (exact) mass is 502 g/mol. The summed E-state index contributed by atoms with van der Waals surface area (Å²) in [5.74, 6) is -2.01. The van der Waals surface area contributed by atoms with Gasteiger partial charge in [0.15, 0.2) is 0 Å². The van der Waals surface area contributed by atoms with Crippen molar-refractivity contribution in [2.45, 2.75) is 97.8 Å². The minimum Gasteiger partial charge on any atom is -0.347 e. The van der Waals surface area contributed by atoms with Gasteiger partial charge < -0.3 is 20.9 Å². The molecule has 5 atom stereocenters. The number of Topliss-reactive ketones (excluding diaryl/α,β-unsaturated/α-hetero) is 1. The van der Waals surface area contributed by atoms with Crippen molar-refractivity contribution in [2.24, 2.45) is 35.0 Å². The molecule has 0 radical (unpaired) electrons. The zero-order valence-electron chi connectivity index (χ0n) is 22.4. The number of carbonyl (C=O) groups excluding carboxylic acids is 5. The second-order valence-electron chi connectivity index (χ2n) is 12.6. The Hall–Kier alpha value is -2.45. The third kappa shape index (κ3) is 5.44. The van der Waals surface area contributed by atoms with Crippen LogP contribution in [0.5, 0.6) is 0 Å². The fraction of sp³-hybridized carbons (Fsp3) is 0.815. The van der Waals surface area contributed by atoms with Gasteiger partial charge in [-0.2, -0.15) is 0 Å². The van der Waals surface area contributed by atoms with E-state index in [1.54, 1.807) is 18.7 Å². The average Bonchev–Trinajstić information content (AvgIpc) is 3.75. The van der Waals surface area contributed by atoms with Crippen LogP contribution in [-0.2, 0) is 24.0 Å². The minimum atomic E-state index is -0.886. The van der Waals surface area contributed by atoms with Crippen LogP contribution in [0, 0.1) is 35.0 Å². The fourth-order valence-corrected chi connectivity index (χ4v) is 5.64. The molecule has 200 valence electrons. The normalized spacial score (nSPS) is 27.8. The van der Waals surface area contributed by atoms with Crippen LogP contribution in [0.15, 0.2) is 0 Å². The molecule has 4 fully saturated rings. The van der Waals surface area contributed by atoms with Gasteiger partial charge in [0, 0.05) is 18.5 Å². The van der Waals surface area contributed by atoms with Gasteiger partial charge in [0.2, 0.25) is 23.5 Å². The van der Waals surface area contributed by atoms with Crippen molar-refractivity contribution in [3.63, 3.8) is 0 Å². The smallest absolute Gasteiger partial charge is 0.289 e. The van der Waals surface area contributed by atoms with E-state index in [-0.39, 0.29) is 52.8 Å². The first-order chi connectivity index (χ1) is 16.8. The molecule has 9 heteroatoms. The number of amides is 4. The van der Waals surface area contributed by atoms with Crippen LogP contribution >= 0.6 is 0 Å². The van der Waals surface area contributed by atoms with E-state index in [0.29, 0.717) is 18.9 Å². The van der Waals surface area contributed by atoms with Gasteiger partial charge in [-0.3, -0.25) is 24.0 Å². The highest BCUT2D eigenvalue weighted by Gasteiger charge is 2.69. The summed E-state index contributed by atoms with van der Waals surface area (Å²) in [6, 6.07) is -2.29. The van der Waals surface area contributed by atoms with Gasteiger partial charge >= 0.3 is 0 Å². The molecule has 1 aliphatic heterocycles. The van der Waals surface area contributed by atoms with Crippen LogP contribution in [0.1, 0.15) is 73.6 Å². The summed E-state index contributed by atoms with van der Waals surface area (Å²) in [5.41, 5.74) is -0.0906. The number of rotatable bonds is 11. The number of carbonyl (C=O) groups is 5. The maximum atomic E-state index is 13.7. The molecule has 0 spiro atoms. The number of likely N-dealkylation sites (tertiary alicyclic amines) is 1. The summed E-state index contributed by atoms with van der Waals surface area (Å²) in [4.78, 5) is 66.9. The number of nitrogens with one attached hydrogen (secondary N) is 3. The van der Waals surface area contributed by atoms with Crippen LogP contribution in [0.3, 0.4) is 0 Å². The number of fused-ring (bicyclic) bond motifs is 1. The highest BCUT2D eigenvalue weighted by molar-refractivity contribution is 6.38. The van der Waals surface area contributed by atoms with Gasteiger partial charge in [-0.25, -0.2) is 0 Å². The zero-order chi connectivity index (χ0) is 26.5. The highest BCUT2D eigenvalue weighted by atomic mass is 16.2. The van der Waals surface area contributed by atoms with Crippen molar-refractivity contribution in [3.05, 3.63) is 0 Å². The molecule has 36 heavy (non-hydrogen) atoms. The Bertz CT molecular complexity index is 936. The van der Waals surface area contributed by atoms with Crippen molar-refractivity contribution in [2.75, 3.05) is 6.54 Å². The number of hydrogen-bond donors (Lipinski definition) is 3. The van der Waals surface area contributed by atoms with Crippen molar-refractivity contribution in [1.82, 2.24) is 20.9 Å². The number of nitrogens with zero attached hydrogens (tertiary/aromatic N) is 1. The van der Waals surface area contributed by atoms with Gasteiger partial charge in [-0.1, -0.05) is 54.4 Å². The molecule has 3 aliphatic carbocycles. The summed E-state index contributed by atoms with van der Waals surface area (Å²) >= 11 is 0. The summed E-state index contributed by atoms with van der Waals surface area (Å²) in [5, 5.41) is 8.48. The van der Waals surface area contributed by atoms with E-state index in [9.17, 15) is 24.0 Å². The third-order valence-electron chi connectivity index (χ3n) is 8.55. The molecule has 0 bridgehead atoms. The second kappa shape index (κ2) is 9.78. The molecule has 4 unspecified atom stereocenters. The van der Waals surface area contributed by atoms with E-state index in [1.807, 2.05) is 13.8 Å². The maximum Gasteiger partial charge on any atom is 0.289 e. The third-order valence-corrected chi connectivity index (χ3v) is 8.55. The van der Waals surface area contributed by atoms with E-state index < -0.39 is 29.8 Å². The largest absolute Gasteiger partial charge is 0.347 e. The molecule has 0 aromatic rings. The van der Waals surface area contributed by atoms with Crippen LogP contribution in [-0.4, -0.2) is 65.0 Å². The predicted molar refractivity (Wildman–Crippen MR) is 133 cm³/mol. The molecular weight excluding hydrogens is 460 g/mol. The van der Waals surface area contributed by atoms with E-state index in [0.717, 1.165) is 25.7 Å². The van der Waals surface area contributed by atoms with Crippen molar-refractivity contribution in [3.8, 4) is 0 Å². The van der Waals surface area contributed by atoms with Crippen LogP contribution in [0.2, 0.25) is 0 Å². The van der Waals surface area contributed by atoms with Gasteiger partial charge in [0.1, 0.15) is 12.1 Å². The standard InChI is InChI=1S/C27H42N4O5/c1-13(2)20(30-23(33)14(3)4)26(36)31-12-17-19(27(17,5)6)21(31)24(34)29-18(11-15-7-8-15)22(32)25(35)28-16-9-10-16/h13-21H,7-12H2,1-6H3,(H,28,35)(H,29,34)(H,30,33)/t17?,18?,19?,20-,21?/m0/s1. The Labute approximate surface area is 213 Å². The van der Waals surface area contributed by atoms with Gasteiger partial charge in [-0.05, 0) is 48.3 Å². The summed E-state index contributed by atoms with van der Waals surface area (Å²) in [6.45, 7) is 11.9. The number of ketones is 1. The Balaban J connectivity index is 1.51. The predicted octanol–water partition coefficient (Wildman–Crippen LogP) is 1.40. The molecular formula is C27H42N4O5. The van der Waals surface area contributed by atoms with Crippen LogP contribution in [0.4, 0.5) is 0 Å². The first-order valence-electron chi connectivity index (χ1n) is 13.6. The van der Waals surface area contributed by atoms with Crippen LogP contribution in [0.25, 0.3) is 0 Å². The lowest BCUT2D eigenvalue weighted by Gasteiger charge is -2.35. The van der Waals surface area contributed by atoms with E-state index in [2.05, 4.69) is 29.8 Å². The molecule has 4 amide bonds. The van der Waals surface area contributed by atoms with Gasteiger partial charge in [0.25, 0.3) is 5.91 Å². The molecule has 4 aliphatic rings. The Morgan fingerprint density at radius 1 is 0.944 bits per heavy atom. The highest BCUT2D eigenvalue weighted by Crippen LogP contribution is 2.65. The molecule has 0 aromatic heterocycles. The first-order valence-corrected chi connectivity index (χ1v) is 13.6. The topological polar surface area (TPSA) is 125 Å². The molecule has 3 N–H and O–H groups in total. The maximum absolute atomic E-state index is 13.7. The molecule has 9 nitrogen and oxygen atoms in total. The van der Waals surface area contributed by atoms with E-state index in [4.69, 9.17) is 0 Å². The minimum absolute atomic E-state index is 0.0213. The summed E-state index contributed by atoms with van der Waals surface area (Å²) < 4.78 is 0. The lowest BCUT2D eigenvalue weighted by atomic mass is 9.96. The van der Waals surface area contributed by atoms with Crippen molar-refractivity contribution in [1.29, 1.82) is 0 Å². The molecule has 4 rings (SSSR count). The quantitative estimate of drug-likeness (QED) is 0.369. The average molecular weight is 503 g/mol. The van der Waals surface area contributed by atoms with Crippen molar-refractivity contribution < 1.29 is 24.0 Å². The number of hydrogen-bond acceptors (Lipinski definition) is 5. The first kappa shape index (κ1) is 26.6. The van der Waals surface area contributed by atoms with Gasteiger partial charge in [0.05, 0.1) is 6.04 Å². The van der Waals surface area contributed by atoms with E-state index >= 15 is 0 Å². The lowest BCUT2D eigenvalue weighted by molar-refractivity contribution is -0.145. The Kier molecular flexibility index (Phi) is 7.23. The fourth-order valence-electron chi connectivity index (χ4n) is 5.64. The molecule has 3 saturated carbocycles. The lowest BCUT2D eigenvalue weighted by Crippen LogP contribution is -2.59. The second-order valence-corrected chi connectivity index (χ2v) is 12.6. The summed E-state index contributed by atoms with van der Waals surface area (Å²) in [7, 11) is 0. The SMILES string of the molecule is CC(C)C(=O)N[C@H](C(=O)N1CC2C(C1C(=O)NC(CC1CC1)C(=O)C(=O)NC1CC1)C2(C)C)C(C)C. The molecule has 0 aromatic carbocycles. The van der Waals surface area contributed by atoms with E-state index in [1.165, 1.54) is 0 Å².